The number of benzene rings is 2. The Morgan fingerprint density at radius 1 is 1.00 bits per heavy atom. The smallest absolute Gasteiger partial charge is 0.272 e. The number of H-pyrrole nitrogens is 1. The van der Waals surface area contributed by atoms with Crippen LogP contribution < -0.4 is 5.32 Å². The Kier molecular flexibility index (Phi) is 4.52. The van der Waals surface area contributed by atoms with Crippen molar-refractivity contribution in [3.8, 4) is 0 Å². The number of carbonyl (C=O) groups excluding carboxylic acids is 1. The minimum Gasteiger partial charge on any atom is -0.340 e. The van der Waals surface area contributed by atoms with Crippen molar-refractivity contribution >= 4 is 22.6 Å². The van der Waals surface area contributed by atoms with Crippen molar-refractivity contribution in [2.24, 2.45) is 0 Å². The van der Waals surface area contributed by atoms with Crippen LogP contribution in [0.4, 0.5) is 0 Å². The van der Waals surface area contributed by atoms with E-state index < -0.39 is 0 Å². The maximum atomic E-state index is 13.1. The second-order valence-electron chi connectivity index (χ2n) is 7.38. The second kappa shape index (κ2) is 7.48. The fourth-order valence-electron chi connectivity index (χ4n) is 3.69. The van der Waals surface area contributed by atoms with Gasteiger partial charge in [-0.2, -0.15) is 0 Å². The first kappa shape index (κ1) is 18.1. The molecule has 0 aliphatic heterocycles. The summed E-state index contributed by atoms with van der Waals surface area (Å²) in [4.78, 5) is 25.7. The predicted octanol–water partition coefficient (Wildman–Crippen LogP) is 4.23. The molecule has 6 heteroatoms. The highest BCUT2D eigenvalue weighted by Crippen LogP contribution is 2.20. The molecule has 1 amide bonds. The molecule has 0 saturated heterocycles. The van der Waals surface area contributed by atoms with Gasteiger partial charge in [0.05, 0.1) is 17.1 Å². The van der Waals surface area contributed by atoms with E-state index in [9.17, 15) is 4.79 Å². The number of rotatable bonds is 5. The molecule has 1 atom stereocenters. The summed E-state index contributed by atoms with van der Waals surface area (Å²) in [5, 5.41) is 3.13. The number of hydrogen-bond acceptors (Lipinski definition) is 3. The SMILES string of the molecule is Cc1cccc2nc(C(=O)N[C@@H](Cc3ccccc3)c3nc4ccccc4[nH]3)cn12. The van der Waals surface area contributed by atoms with Crippen LogP contribution in [-0.4, -0.2) is 25.3 Å². The van der Waals surface area contributed by atoms with Gasteiger partial charge < -0.3 is 14.7 Å². The fourth-order valence-corrected chi connectivity index (χ4v) is 3.69. The van der Waals surface area contributed by atoms with Crippen molar-refractivity contribution in [2.45, 2.75) is 19.4 Å². The molecule has 5 aromatic rings. The number of aryl methyl sites for hydroxylation is 1. The minimum atomic E-state index is -0.307. The number of para-hydroxylation sites is 2. The van der Waals surface area contributed by atoms with Crippen LogP contribution in [0.5, 0.6) is 0 Å². The Labute approximate surface area is 173 Å². The van der Waals surface area contributed by atoms with Crippen molar-refractivity contribution in [1.82, 2.24) is 24.7 Å². The Bertz CT molecular complexity index is 1300. The highest BCUT2D eigenvalue weighted by molar-refractivity contribution is 5.93. The van der Waals surface area contributed by atoms with Gasteiger partial charge in [-0.05, 0) is 43.2 Å². The maximum absolute atomic E-state index is 13.1. The van der Waals surface area contributed by atoms with Gasteiger partial charge in [0.2, 0.25) is 0 Å². The largest absolute Gasteiger partial charge is 0.340 e. The normalized spacial score (nSPS) is 12.3. The third-order valence-corrected chi connectivity index (χ3v) is 5.25. The molecule has 3 heterocycles. The summed E-state index contributed by atoms with van der Waals surface area (Å²) in [6.07, 6.45) is 2.40. The molecule has 0 unspecified atom stereocenters. The monoisotopic (exact) mass is 395 g/mol. The Balaban J connectivity index is 1.48. The second-order valence-corrected chi connectivity index (χ2v) is 7.38. The number of nitrogens with one attached hydrogen (secondary N) is 2. The fraction of sp³-hybridized carbons (Fsp3) is 0.125. The van der Waals surface area contributed by atoms with Crippen LogP contribution in [0, 0.1) is 6.92 Å². The lowest BCUT2D eigenvalue weighted by Gasteiger charge is -2.16. The summed E-state index contributed by atoms with van der Waals surface area (Å²) in [6, 6.07) is 23.5. The summed E-state index contributed by atoms with van der Waals surface area (Å²) in [7, 11) is 0. The van der Waals surface area contributed by atoms with Gasteiger partial charge in [-0.1, -0.05) is 48.5 Å². The molecule has 6 nitrogen and oxygen atoms in total. The first-order valence-electron chi connectivity index (χ1n) is 9.91. The van der Waals surface area contributed by atoms with E-state index in [0.717, 1.165) is 33.8 Å². The Morgan fingerprint density at radius 3 is 2.60 bits per heavy atom. The molecule has 0 spiro atoms. The molecule has 5 rings (SSSR count). The van der Waals surface area contributed by atoms with Crippen LogP contribution in [0.2, 0.25) is 0 Å². The van der Waals surface area contributed by atoms with Crippen LogP contribution >= 0.6 is 0 Å². The van der Waals surface area contributed by atoms with Crippen molar-refractivity contribution in [3.05, 3.63) is 102 Å². The molecule has 3 aromatic heterocycles. The lowest BCUT2D eigenvalue weighted by Crippen LogP contribution is -2.31. The van der Waals surface area contributed by atoms with Gasteiger partial charge in [0.15, 0.2) is 0 Å². The van der Waals surface area contributed by atoms with Crippen molar-refractivity contribution in [3.63, 3.8) is 0 Å². The third kappa shape index (κ3) is 3.43. The predicted molar refractivity (Wildman–Crippen MR) is 116 cm³/mol. The molecule has 0 bridgehead atoms. The number of fused-ring (bicyclic) bond motifs is 2. The van der Waals surface area contributed by atoms with Gasteiger partial charge in [0.25, 0.3) is 5.91 Å². The third-order valence-electron chi connectivity index (χ3n) is 5.25. The van der Waals surface area contributed by atoms with Gasteiger partial charge >= 0.3 is 0 Å². The number of aromatic nitrogens is 4. The highest BCUT2D eigenvalue weighted by atomic mass is 16.2. The quantitative estimate of drug-likeness (QED) is 0.468. The van der Waals surface area contributed by atoms with Gasteiger partial charge in [0.1, 0.15) is 17.2 Å². The number of aromatic amines is 1. The van der Waals surface area contributed by atoms with E-state index in [1.54, 1.807) is 6.20 Å². The van der Waals surface area contributed by atoms with Crippen LogP contribution in [-0.2, 0) is 6.42 Å². The van der Waals surface area contributed by atoms with E-state index in [1.165, 1.54) is 0 Å². The lowest BCUT2D eigenvalue weighted by atomic mass is 10.1. The van der Waals surface area contributed by atoms with Crippen LogP contribution in [0.25, 0.3) is 16.7 Å². The van der Waals surface area contributed by atoms with E-state index in [-0.39, 0.29) is 11.9 Å². The number of nitrogens with zero attached hydrogens (tertiary/aromatic N) is 3. The first-order valence-corrected chi connectivity index (χ1v) is 9.91. The summed E-state index contributed by atoms with van der Waals surface area (Å²) < 4.78 is 1.92. The summed E-state index contributed by atoms with van der Waals surface area (Å²) in [5.41, 5.74) is 5.11. The molecule has 0 radical (unpaired) electrons. The molecule has 148 valence electrons. The molecule has 2 N–H and O–H groups in total. The van der Waals surface area contributed by atoms with E-state index >= 15 is 0 Å². The van der Waals surface area contributed by atoms with Gasteiger partial charge in [-0.25, -0.2) is 9.97 Å². The standard InChI is InChI=1S/C24H21N5O/c1-16-8-7-13-22-25-21(15-29(16)22)24(30)28-20(14-17-9-3-2-4-10-17)23-26-18-11-5-6-12-19(18)27-23/h2-13,15,20H,14H2,1H3,(H,26,27)(H,28,30)/t20-/m0/s1. The van der Waals surface area contributed by atoms with Crippen molar-refractivity contribution in [2.75, 3.05) is 0 Å². The van der Waals surface area contributed by atoms with Crippen LogP contribution in [0.15, 0.2) is 79.0 Å². The van der Waals surface area contributed by atoms with Crippen molar-refractivity contribution in [1.29, 1.82) is 0 Å². The van der Waals surface area contributed by atoms with E-state index in [2.05, 4.69) is 27.4 Å². The van der Waals surface area contributed by atoms with E-state index in [1.807, 2.05) is 72.0 Å². The first-order chi connectivity index (χ1) is 14.7. The summed E-state index contributed by atoms with van der Waals surface area (Å²) in [6.45, 7) is 1.99. The molecule has 30 heavy (non-hydrogen) atoms. The van der Waals surface area contributed by atoms with Crippen LogP contribution in [0.3, 0.4) is 0 Å². The molecule has 0 aliphatic rings. The lowest BCUT2D eigenvalue weighted by molar-refractivity contribution is 0.0930. The molecular weight excluding hydrogens is 374 g/mol. The summed E-state index contributed by atoms with van der Waals surface area (Å²) >= 11 is 0. The Hall–Kier alpha value is -3.93. The Morgan fingerprint density at radius 2 is 1.80 bits per heavy atom. The van der Waals surface area contributed by atoms with E-state index in [0.29, 0.717) is 12.1 Å². The highest BCUT2D eigenvalue weighted by Gasteiger charge is 2.21. The number of imidazole rings is 2. The summed E-state index contributed by atoms with van der Waals surface area (Å²) in [5.74, 6) is 0.507. The van der Waals surface area contributed by atoms with Crippen LogP contribution in [0.1, 0.15) is 33.6 Å². The molecule has 2 aromatic carbocycles. The molecular formula is C24H21N5O. The number of pyridine rings is 1. The number of amides is 1. The molecule has 0 aliphatic carbocycles. The van der Waals surface area contributed by atoms with Gasteiger partial charge in [-0.3, -0.25) is 4.79 Å². The number of carbonyl (C=O) groups is 1. The van der Waals surface area contributed by atoms with Crippen molar-refractivity contribution < 1.29 is 4.79 Å². The van der Waals surface area contributed by atoms with E-state index in [4.69, 9.17) is 4.98 Å². The number of hydrogen-bond donors (Lipinski definition) is 2. The maximum Gasteiger partial charge on any atom is 0.272 e. The average molecular weight is 395 g/mol. The van der Waals surface area contributed by atoms with Gasteiger partial charge in [0, 0.05) is 11.9 Å². The zero-order valence-electron chi connectivity index (χ0n) is 16.5. The zero-order chi connectivity index (χ0) is 20.5. The molecule has 0 fully saturated rings. The average Bonchev–Trinajstić information content (AvgIpc) is 3.39. The minimum absolute atomic E-state index is 0.223. The topological polar surface area (TPSA) is 75.1 Å². The molecule has 0 saturated carbocycles. The zero-order valence-corrected chi connectivity index (χ0v) is 16.5. The van der Waals surface area contributed by atoms with Gasteiger partial charge in [-0.15, -0.1) is 0 Å².